The number of imide groups is 1. The highest BCUT2D eigenvalue weighted by atomic mass is 16.2. The van der Waals surface area contributed by atoms with Crippen molar-refractivity contribution in [1.29, 1.82) is 0 Å². The van der Waals surface area contributed by atoms with Crippen LogP contribution in [0.2, 0.25) is 0 Å². The number of hydrogen-bond acceptors (Lipinski definition) is 4. The number of rotatable bonds is 3. The summed E-state index contributed by atoms with van der Waals surface area (Å²) in [6.07, 6.45) is 2.53. The molecule has 2 amide bonds. The Morgan fingerprint density at radius 1 is 1.39 bits per heavy atom. The molecule has 1 aliphatic rings. The zero-order valence-electron chi connectivity index (χ0n) is 10.4. The molecule has 0 unspecified atom stereocenters. The molecule has 2 N–H and O–H groups in total. The van der Waals surface area contributed by atoms with Crippen LogP contribution in [0.15, 0.2) is 18.3 Å². The van der Waals surface area contributed by atoms with Crippen LogP contribution in [-0.4, -0.2) is 21.7 Å². The first kappa shape index (κ1) is 12.7. The normalized spacial score (nSPS) is 17.3. The van der Waals surface area contributed by atoms with Gasteiger partial charge in [0.25, 0.3) is 0 Å². The van der Waals surface area contributed by atoms with E-state index in [0.717, 1.165) is 11.3 Å². The molecule has 5 heteroatoms. The van der Waals surface area contributed by atoms with Gasteiger partial charge in [-0.3, -0.25) is 19.5 Å². The highest BCUT2D eigenvalue weighted by Crippen LogP contribution is 2.21. The lowest BCUT2D eigenvalue weighted by Gasteiger charge is -2.28. The van der Waals surface area contributed by atoms with Crippen LogP contribution in [0.1, 0.15) is 31.0 Å². The number of amides is 2. The number of piperidine rings is 1. The van der Waals surface area contributed by atoms with Gasteiger partial charge in [0.05, 0.1) is 12.2 Å². The Balaban J connectivity index is 2.18. The van der Waals surface area contributed by atoms with Gasteiger partial charge in [0.2, 0.25) is 11.8 Å². The smallest absolute Gasteiger partial charge is 0.229 e. The van der Waals surface area contributed by atoms with E-state index in [1.54, 1.807) is 12.3 Å². The summed E-state index contributed by atoms with van der Waals surface area (Å²) in [4.78, 5) is 29.2. The molecule has 1 saturated heterocycles. The van der Waals surface area contributed by atoms with Crippen molar-refractivity contribution >= 4 is 11.8 Å². The molecular weight excluding hydrogens is 230 g/mol. The first-order valence-electron chi connectivity index (χ1n) is 6.08. The number of hydrogen-bond donors (Lipinski definition) is 1. The summed E-state index contributed by atoms with van der Waals surface area (Å²) >= 11 is 0. The second-order valence-corrected chi connectivity index (χ2v) is 4.70. The monoisotopic (exact) mass is 247 g/mol. The van der Waals surface area contributed by atoms with Gasteiger partial charge in [0.15, 0.2) is 0 Å². The summed E-state index contributed by atoms with van der Waals surface area (Å²) in [6, 6.07) is 3.64. The van der Waals surface area contributed by atoms with E-state index in [1.807, 2.05) is 13.0 Å². The second kappa shape index (κ2) is 5.27. The van der Waals surface area contributed by atoms with Gasteiger partial charge < -0.3 is 5.73 Å². The standard InChI is InChI=1S/C13H17N3O2/c1-9-5-12(17)16(13(18)6-9)8-10-3-2-4-15-11(10)7-14/h2-4,9H,5-8,14H2,1H3. The first-order valence-corrected chi connectivity index (χ1v) is 6.08. The molecule has 18 heavy (non-hydrogen) atoms. The molecule has 0 atom stereocenters. The Hall–Kier alpha value is -1.75. The van der Waals surface area contributed by atoms with Crippen molar-refractivity contribution in [3.63, 3.8) is 0 Å². The Kier molecular flexibility index (Phi) is 3.72. The molecule has 1 aromatic rings. The van der Waals surface area contributed by atoms with Crippen molar-refractivity contribution in [3.05, 3.63) is 29.6 Å². The highest BCUT2D eigenvalue weighted by Gasteiger charge is 2.30. The van der Waals surface area contributed by atoms with E-state index >= 15 is 0 Å². The molecule has 0 spiro atoms. The topological polar surface area (TPSA) is 76.3 Å². The van der Waals surface area contributed by atoms with Crippen LogP contribution in [0.5, 0.6) is 0 Å². The summed E-state index contributed by atoms with van der Waals surface area (Å²) < 4.78 is 0. The molecule has 0 saturated carbocycles. The van der Waals surface area contributed by atoms with Crippen LogP contribution in [-0.2, 0) is 22.7 Å². The fourth-order valence-electron chi connectivity index (χ4n) is 2.17. The average molecular weight is 247 g/mol. The maximum Gasteiger partial charge on any atom is 0.229 e. The van der Waals surface area contributed by atoms with Crippen molar-refractivity contribution < 1.29 is 9.59 Å². The maximum absolute atomic E-state index is 11.9. The fraction of sp³-hybridized carbons (Fsp3) is 0.462. The molecule has 1 aliphatic heterocycles. The van der Waals surface area contributed by atoms with E-state index in [1.165, 1.54) is 4.90 Å². The molecule has 5 nitrogen and oxygen atoms in total. The molecule has 0 bridgehead atoms. The van der Waals surface area contributed by atoms with Gasteiger partial charge in [-0.2, -0.15) is 0 Å². The van der Waals surface area contributed by atoms with Gasteiger partial charge in [-0.15, -0.1) is 0 Å². The number of nitrogens with zero attached hydrogens (tertiary/aromatic N) is 2. The number of pyridine rings is 1. The summed E-state index contributed by atoms with van der Waals surface area (Å²) in [5, 5.41) is 0. The fourth-order valence-corrected chi connectivity index (χ4v) is 2.17. The zero-order valence-corrected chi connectivity index (χ0v) is 10.4. The van der Waals surface area contributed by atoms with E-state index in [9.17, 15) is 9.59 Å². The predicted molar refractivity (Wildman–Crippen MR) is 66.1 cm³/mol. The van der Waals surface area contributed by atoms with E-state index in [2.05, 4.69) is 4.98 Å². The van der Waals surface area contributed by atoms with Gasteiger partial charge in [0, 0.05) is 25.6 Å². The van der Waals surface area contributed by atoms with Gasteiger partial charge in [-0.1, -0.05) is 13.0 Å². The van der Waals surface area contributed by atoms with Crippen molar-refractivity contribution in [2.75, 3.05) is 0 Å². The number of carbonyl (C=O) groups excluding carboxylic acids is 2. The summed E-state index contributed by atoms with van der Waals surface area (Å²) in [6.45, 7) is 2.51. The molecular formula is C13H17N3O2. The van der Waals surface area contributed by atoms with Gasteiger partial charge >= 0.3 is 0 Å². The lowest BCUT2D eigenvalue weighted by atomic mass is 9.97. The summed E-state index contributed by atoms with van der Waals surface area (Å²) in [5.41, 5.74) is 7.17. The van der Waals surface area contributed by atoms with Crippen molar-refractivity contribution in [2.45, 2.75) is 32.9 Å². The van der Waals surface area contributed by atoms with Crippen LogP contribution in [0.25, 0.3) is 0 Å². The minimum Gasteiger partial charge on any atom is -0.325 e. The molecule has 2 heterocycles. The maximum atomic E-state index is 11.9. The lowest BCUT2D eigenvalue weighted by molar-refractivity contribution is -0.150. The van der Waals surface area contributed by atoms with Gasteiger partial charge in [-0.25, -0.2) is 0 Å². The molecule has 1 aromatic heterocycles. The van der Waals surface area contributed by atoms with Crippen LogP contribution < -0.4 is 5.73 Å². The van der Waals surface area contributed by atoms with E-state index in [4.69, 9.17) is 5.73 Å². The third-order valence-electron chi connectivity index (χ3n) is 3.15. The van der Waals surface area contributed by atoms with Crippen molar-refractivity contribution in [3.8, 4) is 0 Å². The van der Waals surface area contributed by atoms with E-state index in [-0.39, 0.29) is 24.3 Å². The number of carbonyl (C=O) groups is 2. The molecule has 2 rings (SSSR count). The van der Waals surface area contributed by atoms with Crippen LogP contribution in [0.4, 0.5) is 0 Å². The number of aromatic nitrogens is 1. The predicted octanol–water partition coefficient (Wildman–Crippen LogP) is 0.825. The third kappa shape index (κ3) is 2.56. The van der Waals surface area contributed by atoms with Crippen LogP contribution in [0.3, 0.4) is 0 Å². The first-order chi connectivity index (χ1) is 8.61. The Labute approximate surface area is 106 Å². The quantitative estimate of drug-likeness (QED) is 0.802. The minimum absolute atomic E-state index is 0.106. The second-order valence-electron chi connectivity index (χ2n) is 4.70. The minimum atomic E-state index is -0.106. The molecule has 0 radical (unpaired) electrons. The summed E-state index contributed by atoms with van der Waals surface area (Å²) in [7, 11) is 0. The van der Waals surface area contributed by atoms with Gasteiger partial charge in [-0.05, 0) is 17.5 Å². The molecule has 96 valence electrons. The molecule has 1 fully saturated rings. The lowest BCUT2D eigenvalue weighted by Crippen LogP contribution is -2.42. The largest absolute Gasteiger partial charge is 0.325 e. The molecule has 0 aliphatic carbocycles. The number of likely N-dealkylation sites (tertiary alicyclic amines) is 1. The third-order valence-corrected chi connectivity index (χ3v) is 3.15. The SMILES string of the molecule is CC1CC(=O)N(Cc2cccnc2CN)C(=O)C1. The Morgan fingerprint density at radius 3 is 2.67 bits per heavy atom. The van der Waals surface area contributed by atoms with Crippen LogP contribution >= 0.6 is 0 Å². The molecule has 0 aromatic carbocycles. The van der Waals surface area contributed by atoms with Crippen molar-refractivity contribution in [2.24, 2.45) is 11.7 Å². The van der Waals surface area contributed by atoms with Crippen LogP contribution in [0, 0.1) is 5.92 Å². The highest BCUT2D eigenvalue weighted by molar-refractivity contribution is 5.97. The zero-order chi connectivity index (χ0) is 13.1. The average Bonchev–Trinajstić information content (AvgIpc) is 2.34. The van der Waals surface area contributed by atoms with E-state index in [0.29, 0.717) is 19.4 Å². The Bertz CT molecular complexity index is 455. The number of nitrogens with two attached hydrogens (primary N) is 1. The van der Waals surface area contributed by atoms with Gasteiger partial charge in [0.1, 0.15) is 0 Å². The Morgan fingerprint density at radius 2 is 2.06 bits per heavy atom. The van der Waals surface area contributed by atoms with E-state index < -0.39 is 0 Å². The summed E-state index contributed by atoms with van der Waals surface area (Å²) in [5.74, 6) is -0.0692. The van der Waals surface area contributed by atoms with Crippen molar-refractivity contribution in [1.82, 2.24) is 9.88 Å².